The Bertz CT molecular complexity index is 76.2. The molecule has 0 spiro atoms. The zero-order valence-corrected chi connectivity index (χ0v) is 4.43. The first kappa shape index (κ1) is 4.85. The summed E-state index contributed by atoms with van der Waals surface area (Å²) in [6, 6.07) is 0.355. The minimum absolute atomic E-state index is 0.355. The zero-order chi connectivity index (χ0) is 5.11. The van der Waals surface area contributed by atoms with Gasteiger partial charge in [0.25, 0.3) is 0 Å². The Morgan fingerprint density at radius 1 is 1.57 bits per heavy atom. The lowest BCUT2D eigenvalue weighted by molar-refractivity contribution is 0.645. The molecule has 0 aliphatic heterocycles. The average Bonchev–Trinajstić information content (AvgIpc) is 1.69. The lowest BCUT2D eigenvalue weighted by atomic mass is 10.0. The van der Waals surface area contributed by atoms with Crippen molar-refractivity contribution in [3.8, 4) is 0 Å². The maximum atomic E-state index is 5.55. The van der Waals surface area contributed by atoms with Gasteiger partial charge in [0.2, 0.25) is 0 Å². The van der Waals surface area contributed by atoms with E-state index in [2.05, 4.69) is 12.2 Å². The minimum atomic E-state index is 0.355. The molecule has 0 aromatic carbocycles. The highest BCUT2D eigenvalue weighted by molar-refractivity contribution is 4.95. The first-order valence-corrected chi connectivity index (χ1v) is 2.82. The van der Waals surface area contributed by atoms with Crippen LogP contribution in [0.15, 0.2) is 12.2 Å². The van der Waals surface area contributed by atoms with Gasteiger partial charge in [0.05, 0.1) is 0 Å². The third kappa shape index (κ3) is 1.32. The average molecular weight is 97.2 g/mol. The Kier molecular flexibility index (Phi) is 1.47. The summed E-state index contributed by atoms with van der Waals surface area (Å²) < 4.78 is 0. The van der Waals surface area contributed by atoms with Crippen molar-refractivity contribution >= 4 is 0 Å². The predicted molar refractivity (Wildman–Crippen MR) is 31.0 cm³/mol. The van der Waals surface area contributed by atoms with Crippen LogP contribution in [0.25, 0.3) is 0 Å². The van der Waals surface area contributed by atoms with Gasteiger partial charge in [-0.2, -0.15) is 0 Å². The highest BCUT2D eigenvalue weighted by Gasteiger charge is 1.99. The van der Waals surface area contributed by atoms with Crippen molar-refractivity contribution in [2.24, 2.45) is 5.73 Å². The van der Waals surface area contributed by atoms with Crippen molar-refractivity contribution in [3.63, 3.8) is 0 Å². The Morgan fingerprint density at radius 2 is 2.43 bits per heavy atom. The summed E-state index contributed by atoms with van der Waals surface area (Å²) in [7, 11) is 0. The molecule has 1 aliphatic rings. The molecule has 1 atom stereocenters. The van der Waals surface area contributed by atoms with Crippen LogP contribution < -0.4 is 5.73 Å². The van der Waals surface area contributed by atoms with Crippen LogP contribution in [0, 0.1) is 0 Å². The molecule has 0 saturated carbocycles. The number of hydrogen-bond acceptors (Lipinski definition) is 1. The highest BCUT2D eigenvalue weighted by atomic mass is 14.6. The third-order valence-corrected chi connectivity index (χ3v) is 1.29. The molecule has 0 aromatic heterocycles. The molecular weight excluding hydrogens is 86.1 g/mol. The molecule has 0 radical (unpaired) electrons. The van der Waals surface area contributed by atoms with Crippen LogP contribution in [0.2, 0.25) is 0 Å². The second-order valence-corrected chi connectivity index (χ2v) is 2.02. The maximum Gasteiger partial charge on any atom is 0.0223 e. The molecule has 2 N–H and O–H groups in total. The van der Waals surface area contributed by atoms with Crippen LogP contribution >= 0.6 is 0 Å². The van der Waals surface area contributed by atoms with Crippen molar-refractivity contribution < 1.29 is 0 Å². The van der Waals surface area contributed by atoms with Crippen molar-refractivity contribution in [1.82, 2.24) is 0 Å². The van der Waals surface area contributed by atoms with E-state index in [1.807, 2.05) is 0 Å². The summed E-state index contributed by atoms with van der Waals surface area (Å²) in [5, 5.41) is 0. The van der Waals surface area contributed by atoms with Gasteiger partial charge in [-0.1, -0.05) is 12.2 Å². The molecule has 0 saturated heterocycles. The fourth-order valence-electron chi connectivity index (χ4n) is 0.839. The van der Waals surface area contributed by atoms with E-state index in [0.29, 0.717) is 6.04 Å². The predicted octanol–water partition coefficient (Wildman–Crippen LogP) is 1.05. The lowest BCUT2D eigenvalue weighted by Gasteiger charge is -2.08. The van der Waals surface area contributed by atoms with Crippen LogP contribution in [0.3, 0.4) is 0 Å². The number of rotatable bonds is 0. The van der Waals surface area contributed by atoms with Crippen molar-refractivity contribution in [1.29, 1.82) is 0 Å². The van der Waals surface area contributed by atoms with E-state index in [1.165, 1.54) is 19.3 Å². The molecule has 0 amide bonds. The normalized spacial score (nSPS) is 30.7. The van der Waals surface area contributed by atoms with Crippen LogP contribution in [-0.4, -0.2) is 6.04 Å². The molecule has 0 fully saturated rings. The molecule has 1 rings (SSSR count). The van der Waals surface area contributed by atoms with Gasteiger partial charge in [-0.05, 0) is 19.3 Å². The summed E-state index contributed by atoms with van der Waals surface area (Å²) in [6.07, 6.45) is 7.93. The van der Waals surface area contributed by atoms with Gasteiger partial charge in [-0.15, -0.1) is 0 Å². The summed E-state index contributed by atoms with van der Waals surface area (Å²) in [5.41, 5.74) is 5.55. The first-order valence-electron chi connectivity index (χ1n) is 2.82. The van der Waals surface area contributed by atoms with E-state index in [1.54, 1.807) is 0 Å². The summed E-state index contributed by atoms with van der Waals surface area (Å²) in [5.74, 6) is 0. The molecule has 1 heteroatoms. The van der Waals surface area contributed by atoms with Crippen LogP contribution in [0.4, 0.5) is 0 Å². The fraction of sp³-hybridized carbons (Fsp3) is 0.667. The van der Waals surface area contributed by atoms with Gasteiger partial charge in [0, 0.05) is 6.04 Å². The van der Waals surface area contributed by atoms with Gasteiger partial charge in [0.15, 0.2) is 0 Å². The van der Waals surface area contributed by atoms with E-state index in [-0.39, 0.29) is 0 Å². The Labute approximate surface area is 44.2 Å². The van der Waals surface area contributed by atoms with E-state index < -0.39 is 0 Å². The molecule has 0 unspecified atom stereocenters. The topological polar surface area (TPSA) is 26.0 Å². The Hall–Kier alpha value is -0.300. The van der Waals surface area contributed by atoms with E-state index in [4.69, 9.17) is 5.73 Å². The van der Waals surface area contributed by atoms with Crippen LogP contribution in [-0.2, 0) is 0 Å². The number of allylic oxidation sites excluding steroid dienone is 1. The second kappa shape index (κ2) is 2.12. The third-order valence-electron chi connectivity index (χ3n) is 1.29. The zero-order valence-electron chi connectivity index (χ0n) is 4.43. The molecule has 1 aliphatic carbocycles. The Morgan fingerprint density at radius 3 is 2.71 bits per heavy atom. The first-order chi connectivity index (χ1) is 3.39. The summed E-state index contributed by atoms with van der Waals surface area (Å²) >= 11 is 0. The highest BCUT2D eigenvalue weighted by Crippen LogP contribution is 2.06. The quantitative estimate of drug-likeness (QED) is 0.449. The minimum Gasteiger partial charge on any atom is -0.324 e. The van der Waals surface area contributed by atoms with Crippen LogP contribution in [0.1, 0.15) is 19.3 Å². The molecule has 40 valence electrons. The maximum absolute atomic E-state index is 5.55. The SMILES string of the molecule is N[C@H]1C=CCCC1. The van der Waals surface area contributed by atoms with E-state index >= 15 is 0 Å². The van der Waals surface area contributed by atoms with E-state index in [0.717, 1.165) is 0 Å². The molecule has 0 bridgehead atoms. The van der Waals surface area contributed by atoms with Gasteiger partial charge >= 0.3 is 0 Å². The summed E-state index contributed by atoms with van der Waals surface area (Å²) in [6.45, 7) is 0. The number of hydrogen-bond donors (Lipinski definition) is 1. The van der Waals surface area contributed by atoms with Gasteiger partial charge in [0.1, 0.15) is 0 Å². The monoisotopic (exact) mass is 97.1 g/mol. The standard InChI is InChI=1S/C6H11N/c7-6-4-2-1-3-5-6/h2,4,6H,1,3,5,7H2/t6-/m0/s1. The van der Waals surface area contributed by atoms with Crippen molar-refractivity contribution in [2.75, 3.05) is 0 Å². The smallest absolute Gasteiger partial charge is 0.0223 e. The Balaban J connectivity index is 2.36. The van der Waals surface area contributed by atoms with Gasteiger partial charge in [-0.3, -0.25) is 0 Å². The molecule has 0 aromatic rings. The molecule has 1 nitrogen and oxygen atoms in total. The van der Waals surface area contributed by atoms with Gasteiger partial charge < -0.3 is 5.73 Å². The van der Waals surface area contributed by atoms with Gasteiger partial charge in [-0.25, -0.2) is 0 Å². The van der Waals surface area contributed by atoms with Crippen molar-refractivity contribution in [2.45, 2.75) is 25.3 Å². The second-order valence-electron chi connectivity index (χ2n) is 2.02. The largest absolute Gasteiger partial charge is 0.324 e. The van der Waals surface area contributed by atoms with E-state index in [9.17, 15) is 0 Å². The lowest BCUT2D eigenvalue weighted by Crippen LogP contribution is -2.17. The molecule has 7 heavy (non-hydrogen) atoms. The van der Waals surface area contributed by atoms with Crippen LogP contribution in [0.5, 0.6) is 0 Å². The molecule has 0 heterocycles. The molecular formula is C6H11N. The van der Waals surface area contributed by atoms with Crippen molar-refractivity contribution in [3.05, 3.63) is 12.2 Å². The number of nitrogens with two attached hydrogens (primary N) is 1. The summed E-state index contributed by atoms with van der Waals surface area (Å²) in [4.78, 5) is 0. The fourth-order valence-corrected chi connectivity index (χ4v) is 0.839.